The molecule has 1 saturated heterocycles. The van der Waals surface area contributed by atoms with Crippen molar-refractivity contribution in [3.63, 3.8) is 0 Å². The van der Waals surface area contributed by atoms with Gasteiger partial charge in [0.25, 0.3) is 0 Å². The maximum Gasteiger partial charge on any atom is 0.249 e. The Kier molecular flexibility index (Phi) is 7.36. The summed E-state index contributed by atoms with van der Waals surface area (Å²) in [6.45, 7) is 3.95. The quantitative estimate of drug-likeness (QED) is 0.737. The molecular weight excluding hydrogens is 332 g/mol. The van der Waals surface area contributed by atoms with E-state index in [9.17, 15) is 14.7 Å². The van der Waals surface area contributed by atoms with Crippen LogP contribution in [0.3, 0.4) is 0 Å². The van der Waals surface area contributed by atoms with Crippen LogP contribution >= 0.6 is 0 Å². The Morgan fingerprint density at radius 3 is 2.50 bits per heavy atom. The van der Waals surface area contributed by atoms with Crippen LogP contribution in [-0.2, 0) is 14.3 Å². The number of hydrogen-bond donors (Lipinski definition) is 2. The van der Waals surface area contributed by atoms with Crippen molar-refractivity contribution in [2.45, 2.75) is 38.3 Å². The summed E-state index contributed by atoms with van der Waals surface area (Å²) in [6, 6.07) is 7.58. The molecule has 1 aliphatic rings. The number of nitrogens with zero attached hydrogens (tertiary/aromatic N) is 1. The Bertz CT molecular complexity index is 642. The highest BCUT2D eigenvalue weighted by atomic mass is 16.5. The van der Waals surface area contributed by atoms with Crippen LogP contribution in [0, 0.1) is 0 Å². The fraction of sp³-hybridized carbons (Fsp3) is 0.500. The SMILES string of the molecule is C/C=C/c1ccc([C@H]2[C@@H](CO)N(C(=O)COC)[C@H]2CNC(=O)CC)cc1. The number of carbonyl (C=O) groups excluding carboxylic acids is 2. The van der Waals surface area contributed by atoms with Gasteiger partial charge in [-0.15, -0.1) is 0 Å². The Hall–Kier alpha value is -2.18. The fourth-order valence-corrected chi connectivity index (χ4v) is 3.55. The smallest absolute Gasteiger partial charge is 0.249 e. The Balaban J connectivity index is 2.24. The number of nitrogens with one attached hydrogen (secondary N) is 1. The van der Waals surface area contributed by atoms with Gasteiger partial charge in [-0.2, -0.15) is 0 Å². The molecule has 1 heterocycles. The minimum Gasteiger partial charge on any atom is -0.394 e. The Morgan fingerprint density at radius 2 is 1.96 bits per heavy atom. The van der Waals surface area contributed by atoms with E-state index in [1.54, 1.807) is 11.8 Å². The zero-order chi connectivity index (χ0) is 19.1. The molecule has 0 bridgehead atoms. The van der Waals surface area contributed by atoms with Gasteiger partial charge in [-0.25, -0.2) is 0 Å². The first-order chi connectivity index (χ1) is 12.6. The molecular formula is C20H28N2O4. The van der Waals surface area contributed by atoms with Gasteiger partial charge in [0.05, 0.1) is 18.7 Å². The number of aliphatic hydroxyl groups excluding tert-OH is 1. The van der Waals surface area contributed by atoms with Crippen molar-refractivity contribution < 1.29 is 19.4 Å². The molecule has 0 unspecified atom stereocenters. The molecule has 6 nitrogen and oxygen atoms in total. The van der Waals surface area contributed by atoms with E-state index in [4.69, 9.17) is 4.74 Å². The number of carbonyl (C=O) groups is 2. The van der Waals surface area contributed by atoms with E-state index in [2.05, 4.69) is 5.32 Å². The lowest BCUT2D eigenvalue weighted by atomic mass is 9.74. The molecule has 1 fully saturated rings. The van der Waals surface area contributed by atoms with Gasteiger partial charge in [-0.05, 0) is 18.1 Å². The standard InChI is InChI=1S/C20H28N2O4/c1-4-6-14-7-9-15(10-8-14)20-16(11-21-18(24)5-2)22(17(20)12-23)19(25)13-26-3/h4,6-10,16-17,20,23H,5,11-13H2,1-3H3,(H,21,24)/b6-4+/t16-,17+,20+/m0/s1. The van der Waals surface area contributed by atoms with Gasteiger partial charge >= 0.3 is 0 Å². The molecule has 0 saturated carbocycles. The number of benzene rings is 1. The minimum absolute atomic E-state index is 0.0300. The van der Waals surface area contributed by atoms with Crippen LogP contribution in [-0.4, -0.2) is 60.8 Å². The van der Waals surface area contributed by atoms with Crippen LogP contribution in [0.5, 0.6) is 0 Å². The molecule has 0 radical (unpaired) electrons. The molecule has 26 heavy (non-hydrogen) atoms. The first-order valence-electron chi connectivity index (χ1n) is 8.97. The van der Waals surface area contributed by atoms with E-state index >= 15 is 0 Å². The number of amides is 2. The summed E-state index contributed by atoms with van der Waals surface area (Å²) in [5, 5.41) is 12.7. The molecule has 6 heteroatoms. The van der Waals surface area contributed by atoms with E-state index in [-0.39, 0.29) is 43.0 Å². The number of hydrogen-bond acceptors (Lipinski definition) is 4. The summed E-state index contributed by atoms with van der Waals surface area (Å²) in [5.41, 5.74) is 2.15. The molecule has 3 atom stereocenters. The molecule has 142 valence electrons. The predicted octanol–water partition coefficient (Wildman–Crippen LogP) is 1.55. The lowest BCUT2D eigenvalue weighted by Gasteiger charge is -2.55. The summed E-state index contributed by atoms with van der Waals surface area (Å²) in [6.07, 6.45) is 4.38. The monoisotopic (exact) mass is 360 g/mol. The van der Waals surface area contributed by atoms with E-state index < -0.39 is 0 Å². The molecule has 2 amide bonds. The third-order valence-electron chi connectivity index (χ3n) is 4.80. The van der Waals surface area contributed by atoms with Gasteiger partial charge in [0, 0.05) is 26.0 Å². The minimum atomic E-state index is -0.311. The van der Waals surface area contributed by atoms with Gasteiger partial charge in [0.2, 0.25) is 11.8 Å². The van der Waals surface area contributed by atoms with Crippen LogP contribution in [0.4, 0.5) is 0 Å². The van der Waals surface area contributed by atoms with E-state index in [1.165, 1.54) is 7.11 Å². The third kappa shape index (κ3) is 4.31. The highest BCUT2D eigenvalue weighted by Gasteiger charge is 2.50. The van der Waals surface area contributed by atoms with Crippen LogP contribution in [0.2, 0.25) is 0 Å². The van der Waals surface area contributed by atoms with Crippen LogP contribution < -0.4 is 5.32 Å². The Labute approximate surface area is 154 Å². The average molecular weight is 360 g/mol. The van der Waals surface area contributed by atoms with Crippen LogP contribution in [0.15, 0.2) is 30.3 Å². The molecule has 0 aliphatic carbocycles. The van der Waals surface area contributed by atoms with Crippen LogP contribution in [0.25, 0.3) is 6.08 Å². The van der Waals surface area contributed by atoms with Crippen molar-refractivity contribution >= 4 is 17.9 Å². The number of ether oxygens (including phenoxy) is 1. The Morgan fingerprint density at radius 1 is 1.27 bits per heavy atom. The molecule has 0 aromatic heterocycles. The summed E-state index contributed by atoms with van der Waals surface area (Å²) in [7, 11) is 1.47. The van der Waals surface area contributed by atoms with Crippen LogP contribution in [0.1, 0.15) is 37.3 Å². The number of likely N-dealkylation sites (tertiary alicyclic amines) is 1. The molecule has 1 aromatic rings. The summed E-state index contributed by atoms with van der Waals surface area (Å²) in [4.78, 5) is 25.7. The fourth-order valence-electron chi connectivity index (χ4n) is 3.55. The topological polar surface area (TPSA) is 78.9 Å². The summed E-state index contributed by atoms with van der Waals surface area (Å²) >= 11 is 0. The highest BCUT2D eigenvalue weighted by Crippen LogP contribution is 2.40. The van der Waals surface area contributed by atoms with E-state index in [1.807, 2.05) is 43.3 Å². The lowest BCUT2D eigenvalue weighted by molar-refractivity contribution is -0.155. The van der Waals surface area contributed by atoms with Crippen molar-refractivity contribution in [3.8, 4) is 0 Å². The zero-order valence-corrected chi connectivity index (χ0v) is 15.6. The summed E-state index contributed by atoms with van der Waals surface area (Å²) < 4.78 is 4.96. The van der Waals surface area contributed by atoms with Gasteiger partial charge in [0.1, 0.15) is 6.61 Å². The van der Waals surface area contributed by atoms with Crippen molar-refractivity contribution in [1.82, 2.24) is 10.2 Å². The predicted molar refractivity (Wildman–Crippen MR) is 101 cm³/mol. The number of methoxy groups -OCH3 is 1. The largest absolute Gasteiger partial charge is 0.394 e. The highest BCUT2D eigenvalue weighted by molar-refractivity contribution is 5.80. The second kappa shape index (κ2) is 9.50. The van der Waals surface area contributed by atoms with Crippen molar-refractivity contribution in [1.29, 1.82) is 0 Å². The number of rotatable bonds is 8. The van der Waals surface area contributed by atoms with Gasteiger partial charge < -0.3 is 20.1 Å². The summed E-state index contributed by atoms with van der Waals surface area (Å²) in [5.74, 6) is -0.263. The number of allylic oxidation sites excluding steroid dienone is 1. The normalized spacial score (nSPS) is 22.3. The first kappa shape index (κ1) is 20.1. The molecule has 1 aromatic carbocycles. The van der Waals surface area contributed by atoms with Gasteiger partial charge in [-0.3, -0.25) is 9.59 Å². The maximum atomic E-state index is 12.4. The maximum absolute atomic E-state index is 12.4. The lowest BCUT2D eigenvalue weighted by Crippen LogP contribution is -2.69. The second-order valence-electron chi connectivity index (χ2n) is 6.40. The molecule has 2 rings (SSSR count). The molecule has 0 spiro atoms. The van der Waals surface area contributed by atoms with Crippen molar-refractivity contribution in [2.24, 2.45) is 0 Å². The second-order valence-corrected chi connectivity index (χ2v) is 6.40. The third-order valence-corrected chi connectivity index (χ3v) is 4.80. The molecule has 1 aliphatic heterocycles. The van der Waals surface area contributed by atoms with E-state index in [0.717, 1.165) is 11.1 Å². The van der Waals surface area contributed by atoms with Gasteiger partial charge in [-0.1, -0.05) is 43.3 Å². The first-order valence-corrected chi connectivity index (χ1v) is 8.97. The molecule has 2 N–H and O–H groups in total. The average Bonchev–Trinajstić information content (AvgIpc) is 2.62. The van der Waals surface area contributed by atoms with E-state index in [0.29, 0.717) is 13.0 Å². The van der Waals surface area contributed by atoms with Gasteiger partial charge in [0.15, 0.2) is 0 Å². The van der Waals surface area contributed by atoms with Crippen molar-refractivity contribution in [2.75, 3.05) is 26.9 Å². The number of aliphatic hydroxyl groups is 1. The zero-order valence-electron chi connectivity index (χ0n) is 15.6. The van der Waals surface area contributed by atoms with Crippen molar-refractivity contribution in [3.05, 3.63) is 41.5 Å².